The molecule has 36 heavy (non-hydrogen) atoms. The molecule has 2 heterocycles. The first-order valence-corrected chi connectivity index (χ1v) is 12.1. The van der Waals surface area contributed by atoms with Crippen molar-refractivity contribution in [3.8, 4) is 0 Å². The number of carbonyl (C=O) groups excluding carboxylic acids is 3. The summed E-state index contributed by atoms with van der Waals surface area (Å²) in [6.45, 7) is 1.66. The third kappa shape index (κ3) is 4.98. The Balaban J connectivity index is 1.28. The summed E-state index contributed by atoms with van der Waals surface area (Å²) < 4.78 is 5.00. The first-order valence-electron chi connectivity index (χ1n) is 11.1. The van der Waals surface area contributed by atoms with E-state index in [2.05, 4.69) is 20.8 Å². The summed E-state index contributed by atoms with van der Waals surface area (Å²) in [6.07, 6.45) is 0. The minimum atomic E-state index is -0.298. The molecule has 4 aromatic rings. The number of carbonyl (C=O) groups is 3. The molecule has 0 saturated heterocycles. The van der Waals surface area contributed by atoms with Crippen LogP contribution in [0.5, 0.6) is 0 Å². The summed E-state index contributed by atoms with van der Waals surface area (Å²) in [7, 11) is 0. The number of nitrogens with zero attached hydrogens (tertiary/aromatic N) is 3. The van der Waals surface area contributed by atoms with E-state index >= 15 is 0 Å². The molecule has 9 nitrogen and oxygen atoms in total. The zero-order chi connectivity index (χ0) is 25.1. The lowest BCUT2D eigenvalue weighted by Crippen LogP contribution is -2.42. The number of para-hydroxylation sites is 2. The molecule has 3 aromatic carbocycles. The van der Waals surface area contributed by atoms with Gasteiger partial charge in [0.15, 0.2) is 5.82 Å². The molecule has 0 radical (unpaired) electrons. The van der Waals surface area contributed by atoms with Crippen LogP contribution in [0.2, 0.25) is 0 Å². The fourth-order valence-corrected chi connectivity index (χ4v) is 4.68. The van der Waals surface area contributed by atoms with E-state index in [1.807, 2.05) is 18.2 Å². The summed E-state index contributed by atoms with van der Waals surface area (Å²) in [6, 6.07) is 21.0. The first kappa shape index (κ1) is 23.3. The van der Waals surface area contributed by atoms with Crippen LogP contribution in [0.3, 0.4) is 0 Å². The highest BCUT2D eigenvalue weighted by molar-refractivity contribution is 7.98. The van der Waals surface area contributed by atoms with E-state index in [-0.39, 0.29) is 24.3 Å². The van der Waals surface area contributed by atoms with Gasteiger partial charge < -0.3 is 15.2 Å². The third-order valence-corrected chi connectivity index (χ3v) is 6.53. The number of benzene rings is 3. The predicted octanol–water partition coefficient (Wildman–Crippen LogP) is 4.52. The van der Waals surface area contributed by atoms with E-state index in [1.165, 1.54) is 16.7 Å². The van der Waals surface area contributed by atoms with E-state index in [9.17, 15) is 14.4 Å². The molecule has 0 spiro atoms. The molecule has 0 aliphatic carbocycles. The van der Waals surface area contributed by atoms with Crippen molar-refractivity contribution < 1.29 is 18.9 Å². The van der Waals surface area contributed by atoms with Gasteiger partial charge in [-0.1, -0.05) is 29.4 Å². The van der Waals surface area contributed by atoms with Gasteiger partial charge in [-0.3, -0.25) is 19.3 Å². The summed E-state index contributed by atoms with van der Waals surface area (Å²) in [5, 5.41) is 9.54. The number of hydrogen-bond acceptors (Lipinski definition) is 7. The monoisotopic (exact) mass is 499 g/mol. The summed E-state index contributed by atoms with van der Waals surface area (Å²) in [5.41, 5.74) is 2.70. The minimum Gasteiger partial charge on any atom is -0.340 e. The molecule has 1 aliphatic rings. The van der Waals surface area contributed by atoms with Crippen LogP contribution in [-0.4, -0.2) is 34.4 Å². The second-order valence-corrected chi connectivity index (χ2v) is 9.02. The van der Waals surface area contributed by atoms with E-state index < -0.39 is 0 Å². The van der Waals surface area contributed by atoms with Crippen LogP contribution >= 0.6 is 11.8 Å². The van der Waals surface area contributed by atoms with E-state index in [0.29, 0.717) is 45.7 Å². The molecule has 2 N–H and O–H groups in total. The Hall–Kier alpha value is -4.44. The second-order valence-electron chi connectivity index (χ2n) is 8.00. The van der Waals surface area contributed by atoms with Crippen molar-refractivity contribution in [2.45, 2.75) is 17.6 Å². The fourth-order valence-electron chi connectivity index (χ4n) is 3.79. The Morgan fingerprint density at radius 3 is 2.58 bits per heavy atom. The number of anilines is 3. The fraction of sp³-hybridized carbons (Fsp3) is 0.115. The molecule has 1 aliphatic heterocycles. The maximum atomic E-state index is 13.1. The maximum absolute atomic E-state index is 13.1. The highest BCUT2D eigenvalue weighted by atomic mass is 32.2. The largest absolute Gasteiger partial charge is 0.340 e. The van der Waals surface area contributed by atoms with Crippen LogP contribution in [0.4, 0.5) is 17.1 Å². The van der Waals surface area contributed by atoms with Gasteiger partial charge in [-0.2, -0.15) is 4.98 Å². The molecule has 5 rings (SSSR count). The van der Waals surface area contributed by atoms with Crippen LogP contribution in [0.25, 0.3) is 0 Å². The number of amides is 3. The first-order chi connectivity index (χ1) is 17.5. The molecule has 0 saturated carbocycles. The van der Waals surface area contributed by atoms with Gasteiger partial charge in [-0.25, -0.2) is 0 Å². The van der Waals surface area contributed by atoms with Crippen molar-refractivity contribution in [2.24, 2.45) is 0 Å². The molecular weight excluding hydrogens is 478 g/mol. The van der Waals surface area contributed by atoms with E-state index in [1.54, 1.807) is 61.5 Å². The van der Waals surface area contributed by atoms with Crippen LogP contribution in [-0.2, 0) is 10.5 Å². The van der Waals surface area contributed by atoms with Crippen molar-refractivity contribution >= 4 is 46.5 Å². The third-order valence-electron chi connectivity index (χ3n) is 5.46. The Morgan fingerprint density at radius 2 is 1.81 bits per heavy atom. The predicted molar refractivity (Wildman–Crippen MR) is 136 cm³/mol. The molecule has 0 unspecified atom stereocenters. The molecule has 180 valence electrons. The average molecular weight is 500 g/mol. The normalized spacial score (nSPS) is 12.6. The summed E-state index contributed by atoms with van der Waals surface area (Å²) in [4.78, 5) is 44.6. The van der Waals surface area contributed by atoms with Gasteiger partial charge in [0.25, 0.3) is 11.8 Å². The molecular formula is C26H21N5O4S. The number of aromatic nitrogens is 2. The SMILES string of the molecule is Cc1nc(CSc2ccccc2C(=O)Nc2ccc(C(=O)N3CC(=O)Nc4ccccc43)cc2)no1. The van der Waals surface area contributed by atoms with Crippen molar-refractivity contribution in [1.82, 2.24) is 10.1 Å². The Kier molecular flexibility index (Phi) is 6.50. The molecule has 0 atom stereocenters. The van der Waals surface area contributed by atoms with Gasteiger partial charge in [0.1, 0.15) is 6.54 Å². The summed E-state index contributed by atoms with van der Waals surface area (Å²) in [5.74, 6) is 0.692. The Morgan fingerprint density at radius 1 is 1.06 bits per heavy atom. The number of thioether (sulfide) groups is 1. The van der Waals surface area contributed by atoms with Gasteiger partial charge in [0.2, 0.25) is 11.8 Å². The maximum Gasteiger partial charge on any atom is 0.258 e. The Labute approximate surface area is 210 Å². The number of hydrogen-bond donors (Lipinski definition) is 2. The highest BCUT2D eigenvalue weighted by Crippen LogP contribution is 2.30. The van der Waals surface area contributed by atoms with E-state index in [4.69, 9.17) is 4.52 Å². The van der Waals surface area contributed by atoms with Crippen LogP contribution in [0, 0.1) is 6.92 Å². The van der Waals surface area contributed by atoms with Gasteiger partial charge in [0.05, 0.1) is 22.7 Å². The minimum absolute atomic E-state index is 0.0633. The highest BCUT2D eigenvalue weighted by Gasteiger charge is 2.27. The quantitative estimate of drug-likeness (QED) is 0.375. The zero-order valence-corrected chi connectivity index (χ0v) is 20.0. The van der Waals surface area contributed by atoms with Crippen molar-refractivity contribution in [1.29, 1.82) is 0 Å². The Bertz CT molecular complexity index is 1450. The number of fused-ring (bicyclic) bond motifs is 1. The van der Waals surface area contributed by atoms with Gasteiger partial charge >= 0.3 is 0 Å². The van der Waals surface area contributed by atoms with E-state index in [0.717, 1.165) is 4.90 Å². The van der Waals surface area contributed by atoms with Crippen LogP contribution in [0.15, 0.2) is 82.2 Å². The van der Waals surface area contributed by atoms with Crippen molar-refractivity contribution in [2.75, 3.05) is 22.1 Å². The summed E-state index contributed by atoms with van der Waals surface area (Å²) >= 11 is 1.44. The standard InChI is InChI=1S/C26H21N5O4S/c1-16-27-23(30-35-16)15-36-22-9-5-2-6-19(22)25(33)28-18-12-10-17(11-13-18)26(34)31-14-24(32)29-20-7-3-4-8-21(20)31/h2-13H,14-15H2,1H3,(H,28,33)(H,29,32). The lowest BCUT2D eigenvalue weighted by atomic mass is 10.1. The lowest BCUT2D eigenvalue weighted by molar-refractivity contribution is -0.115. The molecule has 0 fully saturated rings. The molecule has 0 bridgehead atoms. The van der Waals surface area contributed by atoms with Gasteiger partial charge in [0, 0.05) is 23.1 Å². The van der Waals surface area contributed by atoms with Gasteiger partial charge in [-0.05, 0) is 48.5 Å². The number of rotatable bonds is 6. The van der Waals surface area contributed by atoms with Gasteiger partial charge in [-0.15, -0.1) is 11.8 Å². The molecule has 1 aromatic heterocycles. The van der Waals surface area contributed by atoms with Crippen molar-refractivity contribution in [3.63, 3.8) is 0 Å². The lowest BCUT2D eigenvalue weighted by Gasteiger charge is -2.29. The molecule has 3 amide bonds. The average Bonchev–Trinajstić information content (AvgIpc) is 3.32. The van der Waals surface area contributed by atoms with Crippen molar-refractivity contribution in [3.05, 3.63) is 95.6 Å². The number of aryl methyl sites for hydroxylation is 1. The number of nitrogens with one attached hydrogen (secondary N) is 2. The van der Waals surface area contributed by atoms with Crippen LogP contribution in [0.1, 0.15) is 32.4 Å². The van der Waals surface area contributed by atoms with Crippen LogP contribution < -0.4 is 15.5 Å². The second kappa shape index (κ2) is 10.0. The smallest absolute Gasteiger partial charge is 0.258 e. The zero-order valence-electron chi connectivity index (χ0n) is 19.2. The molecule has 10 heteroatoms. The topological polar surface area (TPSA) is 117 Å².